The van der Waals surface area contributed by atoms with Gasteiger partial charge in [0.05, 0.1) is 0 Å². The highest BCUT2D eigenvalue weighted by atomic mass is 15.0. The fourth-order valence-corrected chi connectivity index (χ4v) is 2.37. The molecule has 1 atom stereocenters. The SMILES string of the molecule is CCc1ccc(NCC2CCCCCN2)cc1. The molecule has 94 valence electrons. The van der Waals surface area contributed by atoms with Gasteiger partial charge in [0, 0.05) is 18.3 Å². The molecule has 17 heavy (non-hydrogen) atoms. The Labute approximate surface area is 105 Å². The predicted molar refractivity (Wildman–Crippen MR) is 74.6 cm³/mol. The van der Waals surface area contributed by atoms with Gasteiger partial charge in [0.25, 0.3) is 0 Å². The maximum atomic E-state index is 3.61. The Balaban J connectivity index is 1.79. The lowest BCUT2D eigenvalue weighted by atomic mass is 10.1. The van der Waals surface area contributed by atoms with E-state index in [9.17, 15) is 0 Å². The first-order valence-corrected chi connectivity index (χ1v) is 6.94. The summed E-state index contributed by atoms with van der Waals surface area (Å²) in [5, 5.41) is 7.14. The summed E-state index contributed by atoms with van der Waals surface area (Å²) in [6.45, 7) is 4.42. The minimum absolute atomic E-state index is 0.642. The van der Waals surface area contributed by atoms with E-state index in [2.05, 4.69) is 41.8 Å². The summed E-state index contributed by atoms with van der Waals surface area (Å²) in [5.74, 6) is 0. The van der Waals surface area contributed by atoms with E-state index >= 15 is 0 Å². The van der Waals surface area contributed by atoms with E-state index < -0.39 is 0 Å². The van der Waals surface area contributed by atoms with Gasteiger partial charge < -0.3 is 10.6 Å². The van der Waals surface area contributed by atoms with Gasteiger partial charge in [-0.05, 0) is 43.5 Å². The van der Waals surface area contributed by atoms with Gasteiger partial charge >= 0.3 is 0 Å². The molecule has 1 unspecified atom stereocenters. The summed E-state index contributed by atoms with van der Waals surface area (Å²) in [5.41, 5.74) is 2.65. The highest BCUT2D eigenvalue weighted by Gasteiger charge is 2.10. The van der Waals surface area contributed by atoms with Crippen LogP contribution >= 0.6 is 0 Å². The summed E-state index contributed by atoms with van der Waals surface area (Å²) in [6.07, 6.45) is 6.51. The molecule has 1 aliphatic rings. The first kappa shape index (κ1) is 12.4. The Morgan fingerprint density at radius 1 is 1.18 bits per heavy atom. The smallest absolute Gasteiger partial charge is 0.0340 e. The van der Waals surface area contributed by atoms with Crippen LogP contribution in [0.25, 0.3) is 0 Å². The van der Waals surface area contributed by atoms with Crippen LogP contribution in [-0.4, -0.2) is 19.1 Å². The lowest BCUT2D eigenvalue weighted by molar-refractivity contribution is 0.530. The molecule has 2 rings (SSSR count). The fourth-order valence-electron chi connectivity index (χ4n) is 2.37. The molecular weight excluding hydrogens is 208 g/mol. The average Bonchev–Trinajstić information content (AvgIpc) is 2.65. The van der Waals surface area contributed by atoms with Crippen molar-refractivity contribution < 1.29 is 0 Å². The highest BCUT2D eigenvalue weighted by molar-refractivity contribution is 5.44. The molecule has 1 aromatic rings. The Kier molecular flexibility index (Phi) is 4.87. The number of anilines is 1. The van der Waals surface area contributed by atoms with Crippen LogP contribution in [0.5, 0.6) is 0 Å². The van der Waals surface area contributed by atoms with E-state index in [-0.39, 0.29) is 0 Å². The van der Waals surface area contributed by atoms with Gasteiger partial charge in [-0.1, -0.05) is 31.9 Å². The minimum Gasteiger partial charge on any atom is -0.383 e. The van der Waals surface area contributed by atoms with E-state index in [1.54, 1.807) is 0 Å². The van der Waals surface area contributed by atoms with Crippen LogP contribution in [0.2, 0.25) is 0 Å². The van der Waals surface area contributed by atoms with Crippen molar-refractivity contribution in [2.24, 2.45) is 0 Å². The molecule has 0 aromatic heterocycles. The Morgan fingerprint density at radius 3 is 2.76 bits per heavy atom. The van der Waals surface area contributed by atoms with Gasteiger partial charge in [-0.3, -0.25) is 0 Å². The third-order valence-electron chi connectivity index (χ3n) is 3.58. The van der Waals surface area contributed by atoms with Gasteiger partial charge in [-0.2, -0.15) is 0 Å². The van der Waals surface area contributed by atoms with Crippen molar-refractivity contribution in [3.8, 4) is 0 Å². The van der Waals surface area contributed by atoms with Crippen LogP contribution in [-0.2, 0) is 6.42 Å². The first-order valence-electron chi connectivity index (χ1n) is 6.94. The third-order valence-corrected chi connectivity index (χ3v) is 3.58. The summed E-state index contributed by atoms with van der Waals surface area (Å²) in [7, 11) is 0. The Morgan fingerprint density at radius 2 is 2.00 bits per heavy atom. The standard InChI is InChI=1S/C15H24N2/c1-2-13-7-9-14(10-8-13)17-12-15-6-4-3-5-11-16-15/h7-10,15-17H,2-6,11-12H2,1H3. The largest absolute Gasteiger partial charge is 0.383 e. The molecule has 1 saturated heterocycles. The topological polar surface area (TPSA) is 24.1 Å². The van der Waals surface area contributed by atoms with Crippen molar-refractivity contribution in [2.75, 3.05) is 18.4 Å². The second kappa shape index (κ2) is 6.65. The van der Waals surface area contributed by atoms with Gasteiger partial charge in [-0.25, -0.2) is 0 Å². The number of hydrogen-bond acceptors (Lipinski definition) is 2. The maximum Gasteiger partial charge on any atom is 0.0340 e. The zero-order chi connectivity index (χ0) is 11.9. The summed E-state index contributed by atoms with van der Waals surface area (Å²) >= 11 is 0. The lowest BCUT2D eigenvalue weighted by Gasteiger charge is -2.17. The Bertz CT molecular complexity index is 310. The van der Waals surface area contributed by atoms with Crippen molar-refractivity contribution in [1.29, 1.82) is 0 Å². The second-order valence-electron chi connectivity index (χ2n) is 4.93. The summed E-state index contributed by atoms with van der Waals surface area (Å²) < 4.78 is 0. The molecule has 0 saturated carbocycles. The molecule has 1 heterocycles. The van der Waals surface area contributed by atoms with Crippen LogP contribution < -0.4 is 10.6 Å². The quantitative estimate of drug-likeness (QED) is 0.833. The number of nitrogens with one attached hydrogen (secondary N) is 2. The van der Waals surface area contributed by atoms with Crippen molar-refractivity contribution >= 4 is 5.69 Å². The zero-order valence-electron chi connectivity index (χ0n) is 10.8. The number of aryl methyl sites for hydroxylation is 1. The minimum atomic E-state index is 0.642. The van der Waals surface area contributed by atoms with Crippen molar-refractivity contribution in [3.63, 3.8) is 0 Å². The van der Waals surface area contributed by atoms with Gasteiger partial charge in [-0.15, -0.1) is 0 Å². The van der Waals surface area contributed by atoms with E-state index in [1.165, 1.54) is 43.5 Å². The van der Waals surface area contributed by atoms with E-state index in [0.717, 1.165) is 13.0 Å². The van der Waals surface area contributed by atoms with E-state index in [0.29, 0.717) is 6.04 Å². The molecule has 0 bridgehead atoms. The second-order valence-corrected chi connectivity index (χ2v) is 4.93. The number of benzene rings is 1. The van der Waals surface area contributed by atoms with Crippen LogP contribution in [0.15, 0.2) is 24.3 Å². The predicted octanol–water partition coefficient (Wildman–Crippen LogP) is 3.19. The molecule has 2 nitrogen and oxygen atoms in total. The molecule has 2 heteroatoms. The number of rotatable bonds is 4. The van der Waals surface area contributed by atoms with Crippen LogP contribution in [0.3, 0.4) is 0 Å². The molecule has 0 aliphatic carbocycles. The van der Waals surface area contributed by atoms with Gasteiger partial charge in [0.15, 0.2) is 0 Å². The van der Waals surface area contributed by atoms with Crippen molar-refractivity contribution in [2.45, 2.75) is 45.1 Å². The Hall–Kier alpha value is -1.02. The summed E-state index contributed by atoms with van der Waals surface area (Å²) in [6, 6.07) is 9.44. The number of hydrogen-bond donors (Lipinski definition) is 2. The van der Waals surface area contributed by atoms with Crippen molar-refractivity contribution in [3.05, 3.63) is 29.8 Å². The van der Waals surface area contributed by atoms with Crippen LogP contribution in [0.4, 0.5) is 5.69 Å². The molecule has 1 aliphatic heterocycles. The maximum absolute atomic E-state index is 3.61. The zero-order valence-corrected chi connectivity index (χ0v) is 10.8. The summed E-state index contributed by atoms with van der Waals surface area (Å²) in [4.78, 5) is 0. The lowest BCUT2D eigenvalue weighted by Crippen LogP contribution is -2.34. The molecule has 1 aromatic carbocycles. The molecule has 0 spiro atoms. The fraction of sp³-hybridized carbons (Fsp3) is 0.600. The highest BCUT2D eigenvalue weighted by Crippen LogP contribution is 2.12. The van der Waals surface area contributed by atoms with E-state index in [4.69, 9.17) is 0 Å². The molecule has 1 fully saturated rings. The average molecular weight is 232 g/mol. The molecular formula is C15H24N2. The normalized spacial score (nSPS) is 20.9. The third kappa shape index (κ3) is 4.04. The van der Waals surface area contributed by atoms with E-state index in [1.807, 2.05) is 0 Å². The van der Waals surface area contributed by atoms with Crippen LogP contribution in [0.1, 0.15) is 38.2 Å². The van der Waals surface area contributed by atoms with Gasteiger partial charge in [0.2, 0.25) is 0 Å². The van der Waals surface area contributed by atoms with Crippen LogP contribution in [0, 0.1) is 0 Å². The monoisotopic (exact) mass is 232 g/mol. The van der Waals surface area contributed by atoms with Gasteiger partial charge in [0.1, 0.15) is 0 Å². The first-order chi connectivity index (χ1) is 8.38. The van der Waals surface area contributed by atoms with Crippen molar-refractivity contribution in [1.82, 2.24) is 5.32 Å². The molecule has 2 N–H and O–H groups in total. The molecule has 0 amide bonds. The molecule has 0 radical (unpaired) electrons.